The summed E-state index contributed by atoms with van der Waals surface area (Å²) in [6, 6.07) is 6.06. The number of carbonyl (C=O) groups excluding carboxylic acids is 1. The minimum atomic E-state index is 0.0275. The van der Waals surface area contributed by atoms with Crippen LogP contribution in [0.4, 0.5) is 17.3 Å². The van der Waals surface area contributed by atoms with Gasteiger partial charge in [-0.3, -0.25) is 4.79 Å². The van der Waals surface area contributed by atoms with Gasteiger partial charge in [-0.2, -0.15) is 0 Å². The summed E-state index contributed by atoms with van der Waals surface area (Å²) >= 11 is 0. The lowest BCUT2D eigenvalue weighted by atomic mass is 10.1. The van der Waals surface area contributed by atoms with Crippen molar-refractivity contribution in [1.29, 1.82) is 0 Å². The molecule has 1 unspecified atom stereocenters. The Kier molecular flexibility index (Phi) is 6.11. The van der Waals surface area contributed by atoms with Crippen LogP contribution >= 0.6 is 0 Å². The van der Waals surface area contributed by atoms with E-state index in [-0.39, 0.29) is 11.8 Å². The molecule has 0 aromatic carbocycles. The minimum Gasteiger partial charge on any atom is -0.373 e. The van der Waals surface area contributed by atoms with Gasteiger partial charge in [-0.05, 0) is 44.0 Å². The van der Waals surface area contributed by atoms with Crippen molar-refractivity contribution in [3.05, 3.63) is 36.8 Å². The van der Waals surface area contributed by atoms with Crippen molar-refractivity contribution in [3.63, 3.8) is 0 Å². The zero-order valence-corrected chi connectivity index (χ0v) is 21.6. The van der Waals surface area contributed by atoms with Crippen LogP contribution in [0, 0.1) is 11.8 Å². The maximum atomic E-state index is 12.3. The largest absolute Gasteiger partial charge is 0.373 e. The highest BCUT2D eigenvalue weighted by atomic mass is 16.2. The number of fused-ring (bicyclic) bond motifs is 2. The number of aromatic nitrogens is 5. The molecule has 1 saturated carbocycles. The van der Waals surface area contributed by atoms with Crippen LogP contribution in [0.25, 0.3) is 27.8 Å². The lowest BCUT2D eigenvalue weighted by molar-refractivity contribution is -0.117. The number of rotatable bonds is 6. The molecule has 10 nitrogen and oxygen atoms in total. The smallest absolute Gasteiger partial charge is 0.228 e. The van der Waals surface area contributed by atoms with Gasteiger partial charge in [0, 0.05) is 67.9 Å². The number of amides is 1. The minimum absolute atomic E-state index is 0.0275. The van der Waals surface area contributed by atoms with E-state index in [2.05, 4.69) is 56.6 Å². The van der Waals surface area contributed by atoms with Crippen molar-refractivity contribution in [2.24, 2.45) is 11.8 Å². The van der Waals surface area contributed by atoms with Gasteiger partial charge < -0.3 is 20.4 Å². The summed E-state index contributed by atoms with van der Waals surface area (Å²) < 4.78 is 1.86. The van der Waals surface area contributed by atoms with Crippen LogP contribution in [0.2, 0.25) is 0 Å². The van der Waals surface area contributed by atoms with Gasteiger partial charge in [-0.25, -0.2) is 19.5 Å². The molecule has 4 aromatic rings. The molecule has 10 heteroatoms. The SMILES string of the molecule is CCC1CN(C)CCN(c2ccc3nc(-c4cnc(NC)c5cnc(NC(=O)C6CC6)cc45)nn3c2)C1. The Balaban J connectivity index is 1.37. The second-order valence-corrected chi connectivity index (χ2v) is 10.3. The van der Waals surface area contributed by atoms with Gasteiger partial charge in [0.15, 0.2) is 11.5 Å². The molecular weight excluding hydrogens is 466 g/mol. The first-order valence-electron chi connectivity index (χ1n) is 13.1. The summed E-state index contributed by atoms with van der Waals surface area (Å²) in [5.41, 5.74) is 2.73. The Morgan fingerprint density at radius 1 is 1.11 bits per heavy atom. The molecule has 1 amide bonds. The molecule has 0 spiro atoms. The highest BCUT2D eigenvalue weighted by Gasteiger charge is 2.30. The first-order valence-corrected chi connectivity index (χ1v) is 13.1. The molecule has 0 bridgehead atoms. The summed E-state index contributed by atoms with van der Waals surface area (Å²) in [5, 5.41) is 12.7. The van der Waals surface area contributed by atoms with Gasteiger partial charge in [-0.1, -0.05) is 13.3 Å². The van der Waals surface area contributed by atoms with Gasteiger partial charge in [0.1, 0.15) is 11.6 Å². The topological polar surface area (TPSA) is 104 Å². The van der Waals surface area contributed by atoms with Gasteiger partial charge in [0.05, 0.1) is 11.9 Å². The second kappa shape index (κ2) is 9.59. The summed E-state index contributed by atoms with van der Waals surface area (Å²) in [5.74, 6) is 2.61. The van der Waals surface area contributed by atoms with Crippen LogP contribution in [-0.4, -0.2) is 75.6 Å². The van der Waals surface area contributed by atoms with E-state index in [1.165, 1.54) is 0 Å². The average Bonchev–Trinajstić information content (AvgIpc) is 3.71. The van der Waals surface area contributed by atoms with Crippen LogP contribution < -0.4 is 15.5 Å². The lowest BCUT2D eigenvalue weighted by Gasteiger charge is -2.25. The van der Waals surface area contributed by atoms with E-state index in [0.29, 0.717) is 23.4 Å². The quantitative estimate of drug-likeness (QED) is 0.415. The van der Waals surface area contributed by atoms with Crippen molar-refractivity contribution >= 4 is 39.6 Å². The molecule has 192 valence electrons. The fraction of sp³-hybridized carbons (Fsp3) is 0.444. The first-order chi connectivity index (χ1) is 18.0. The lowest BCUT2D eigenvalue weighted by Crippen LogP contribution is -2.30. The molecule has 4 aromatic heterocycles. The van der Waals surface area contributed by atoms with E-state index in [9.17, 15) is 4.79 Å². The Labute approximate surface area is 216 Å². The van der Waals surface area contributed by atoms with Crippen molar-refractivity contribution in [2.45, 2.75) is 26.2 Å². The zero-order chi connectivity index (χ0) is 25.5. The number of carbonyl (C=O) groups is 1. The molecule has 1 aliphatic carbocycles. The first kappa shape index (κ1) is 23.6. The van der Waals surface area contributed by atoms with Gasteiger partial charge in [-0.15, -0.1) is 5.10 Å². The van der Waals surface area contributed by atoms with Crippen molar-refractivity contribution in [2.75, 3.05) is 55.8 Å². The normalized spacial score (nSPS) is 18.8. The third kappa shape index (κ3) is 4.69. The zero-order valence-electron chi connectivity index (χ0n) is 21.6. The van der Waals surface area contributed by atoms with Crippen LogP contribution in [0.15, 0.2) is 36.8 Å². The Hall–Kier alpha value is -3.79. The number of likely N-dealkylation sites (N-methyl/N-ethyl adjacent to an activating group) is 1. The van der Waals surface area contributed by atoms with Crippen molar-refractivity contribution < 1.29 is 4.79 Å². The maximum Gasteiger partial charge on any atom is 0.228 e. The molecule has 37 heavy (non-hydrogen) atoms. The molecule has 2 fully saturated rings. The molecule has 6 rings (SSSR count). The molecule has 1 aliphatic heterocycles. The van der Waals surface area contributed by atoms with Crippen LogP contribution in [0.5, 0.6) is 0 Å². The number of hydrogen-bond donors (Lipinski definition) is 2. The molecule has 1 saturated heterocycles. The van der Waals surface area contributed by atoms with Crippen LogP contribution in [-0.2, 0) is 4.79 Å². The fourth-order valence-corrected chi connectivity index (χ4v) is 5.10. The number of hydrogen-bond acceptors (Lipinski definition) is 8. The second-order valence-electron chi connectivity index (χ2n) is 10.3. The number of nitrogens with one attached hydrogen (secondary N) is 2. The predicted octanol–water partition coefficient (Wildman–Crippen LogP) is 3.51. The molecule has 1 atom stereocenters. The van der Waals surface area contributed by atoms with Gasteiger partial charge >= 0.3 is 0 Å². The Bertz CT molecular complexity index is 1460. The van der Waals surface area contributed by atoms with Gasteiger partial charge in [0.2, 0.25) is 5.91 Å². The van der Waals surface area contributed by atoms with Crippen LogP contribution in [0.1, 0.15) is 26.2 Å². The number of pyridine rings is 3. The predicted molar refractivity (Wildman–Crippen MR) is 146 cm³/mol. The van der Waals surface area contributed by atoms with E-state index < -0.39 is 0 Å². The average molecular weight is 500 g/mol. The maximum absolute atomic E-state index is 12.3. The summed E-state index contributed by atoms with van der Waals surface area (Å²) in [7, 11) is 4.04. The molecule has 0 radical (unpaired) electrons. The summed E-state index contributed by atoms with van der Waals surface area (Å²) in [6.07, 6.45) is 8.65. The van der Waals surface area contributed by atoms with Crippen molar-refractivity contribution in [3.8, 4) is 11.4 Å². The molecule has 2 aliphatic rings. The standard InChI is InChI=1S/C27H33N9O/c1-4-17-14-34(3)9-10-35(15-17)19-7-8-24-32-26(33-36(24)16-19)22-13-30-25(28-2)21-12-29-23(11-20(21)22)31-27(37)18-5-6-18/h7-8,11-13,16-18H,4-6,9-10,14-15H2,1-3H3,(H,28,30)(H,29,31,37). The number of anilines is 3. The van der Waals surface area contributed by atoms with E-state index in [1.807, 2.05) is 23.7 Å². The van der Waals surface area contributed by atoms with Crippen LogP contribution in [0.3, 0.4) is 0 Å². The summed E-state index contributed by atoms with van der Waals surface area (Å²) in [4.78, 5) is 31.1. The van der Waals surface area contributed by atoms with E-state index in [0.717, 1.165) is 73.1 Å². The fourth-order valence-electron chi connectivity index (χ4n) is 5.10. The Morgan fingerprint density at radius 2 is 1.97 bits per heavy atom. The molecule has 5 heterocycles. The summed E-state index contributed by atoms with van der Waals surface area (Å²) in [6.45, 7) is 6.47. The Morgan fingerprint density at radius 3 is 2.76 bits per heavy atom. The molecular formula is C27H33N9O. The van der Waals surface area contributed by atoms with Crippen molar-refractivity contribution in [1.82, 2.24) is 29.5 Å². The van der Waals surface area contributed by atoms with E-state index in [4.69, 9.17) is 10.1 Å². The monoisotopic (exact) mass is 499 g/mol. The number of nitrogens with zero attached hydrogens (tertiary/aromatic N) is 7. The third-order valence-electron chi connectivity index (χ3n) is 7.51. The van der Waals surface area contributed by atoms with E-state index >= 15 is 0 Å². The van der Waals surface area contributed by atoms with E-state index in [1.54, 1.807) is 12.4 Å². The third-order valence-corrected chi connectivity index (χ3v) is 7.51. The van der Waals surface area contributed by atoms with Gasteiger partial charge in [0.25, 0.3) is 0 Å². The molecule has 2 N–H and O–H groups in total. The highest BCUT2D eigenvalue weighted by molar-refractivity contribution is 6.03. The highest BCUT2D eigenvalue weighted by Crippen LogP contribution is 2.33.